The predicted molar refractivity (Wildman–Crippen MR) is 32.5 cm³/mol. The fourth-order valence-electron chi connectivity index (χ4n) is 1.16. The molecule has 0 saturated heterocycles. The van der Waals surface area contributed by atoms with Gasteiger partial charge in [-0.25, -0.2) is 0 Å². The third-order valence-corrected chi connectivity index (χ3v) is 1.92. The van der Waals surface area contributed by atoms with Crippen LogP contribution in [-0.2, 0) is 4.79 Å². The Labute approximate surface area is 50.1 Å². The zero-order valence-corrected chi connectivity index (χ0v) is 5.42. The monoisotopic (exact) mass is 112 g/mol. The molecule has 0 amide bonds. The number of aldehydes is 1. The van der Waals surface area contributed by atoms with Crippen molar-refractivity contribution >= 4 is 6.29 Å². The van der Waals surface area contributed by atoms with Gasteiger partial charge >= 0.3 is 0 Å². The van der Waals surface area contributed by atoms with Crippen LogP contribution in [0.3, 0.4) is 0 Å². The van der Waals surface area contributed by atoms with Crippen molar-refractivity contribution in [2.45, 2.75) is 20.3 Å². The maximum Gasteiger partial charge on any atom is 0.123 e. The highest BCUT2D eigenvalue weighted by Gasteiger charge is 2.38. The van der Waals surface area contributed by atoms with Crippen molar-refractivity contribution < 1.29 is 4.79 Å². The van der Waals surface area contributed by atoms with Gasteiger partial charge in [-0.05, 0) is 18.3 Å². The molecule has 2 atom stereocenters. The number of hydrogen-bond acceptors (Lipinski definition) is 1. The van der Waals surface area contributed by atoms with Crippen molar-refractivity contribution in [3.8, 4) is 0 Å². The summed E-state index contributed by atoms with van der Waals surface area (Å²) in [7, 11) is 0. The number of rotatable bonds is 2. The number of carbonyl (C=O) groups is 1. The first-order valence-electron chi connectivity index (χ1n) is 3.21. The summed E-state index contributed by atoms with van der Waals surface area (Å²) in [5, 5.41) is 0. The molecule has 0 aromatic rings. The number of hydrogen-bond donors (Lipinski definition) is 0. The van der Waals surface area contributed by atoms with Gasteiger partial charge in [-0.2, -0.15) is 0 Å². The molecule has 0 aromatic carbocycles. The van der Waals surface area contributed by atoms with Crippen molar-refractivity contribution in [1.29, 1.82) is 0 Å². The van der Waals surface area contributed by atoms with E-state index in [9.17, 15) is 4.79 Å². The summed E-state index contributed by atoms with van der Waals surface area (Å²) in [6.45, 7) is 4.35. The zero-order chi connectivity index (χ0) is 6.15. The topological polar surface area (TPSA) is 17.1 Å². The molecule has 0 aromatic heterocycles. The van der Waals surface area contributed by atoms with E-state index < -0.39 is 0 Å². The highest BCUT2D eigenvalue weighted by molar-refractivity contribution is 5.58. The van der Waals surface area contributed by atoms with Gasteiger partial charge < -0.3 is 4.79 Å². The second-order valence-electron chi connectivity index (χ2n) is 2.94. The standard InChI is InChI=1S/C7H12O/c1-5(2)7-3-6(7)4-8/h4-7H,3H2,1-2H3/t6-,7-/m1/s1. The summed E-state index contributed by atoms with van der Waals surface area (Å²) < 4.78 is 0. The lowest BCUT2D eigenvalue weighted by Crippen LogP contribution is -1.92. The van der Waals surface area contributed by atoms with Crippen molar-refractivity contribution in [2.24, 2.45) is 17.8 Å². The lowest BCUT2D eigenvalue weighted by atomic mass is 10.1. The van der Waals surface area contributed by atoms with Gasteiger partial charge in [0.2, 0.25) is 0 Å². The van der Waals surface area contributed by atoms with Crippen LogP contribution in [0.2, 0.25) is 0 Å². The van der Waals surface area contributed by atoms with Crippen LogP contribution in [0.15, 0.2) is 0 Å². The van der Waals surface area contributed by atoms with Crippen LogP contribution in [0.25, 0.3) is 0 Å². The largest absolute Gasteiger partial charge is 0.303 e. The van der Waals surface area contributed by atoms with Crippen LogP contribution >= 0.6 is 0 Å². The van der Waals surface area contributed by atoms with Crippen LogP contribution in [0.1, 0.15) is 20.3 Å². The molecule has 0 unspecified atom stereocenters. The summed E-state index contributed by atoms with van der Waals surface area (Å²) in [5.74, 6) is 1.84. The van der Waals surface area contributed by atoms with E-state index in [4.69, 9.17) is 0 Å². The Balaban J connectivity index is 2.26. The minimum Gasteiger partial charge on any atom is -0.303 e. The van der Waals surface area contributed by atoms with Gasteiger partial charge in [0, 0.05) is 5.92 Å². The Hall–Kier alpha value is -0.330. The molecular weight excluding hydrogens is 100 g/mol. The average molecular weight is 112 g/mol. The SMILES string of the molecule is CC(C)[C@H]1C[C@@H]1C=O. The van der Waals surface area contributed by atoms with E-state index >= 15 is 0 Å². The fourth-order valence-corrected chi connectivity index (χ4v) is 1.16. The first kappa shape index (κ1) is 5.80. The third-order valence-electron chi connectivity index (χ3n) is 1.92. The van der Waals surface area contributed by atoms with Crippen molar-refractivity contribution in [2.75, 3.05) is 0 Å². The van der Waals surface area contributed by atoms with Gasteiger partial charge in [0.05, 0.1) is 0 Å². The molecule has 1 saturated carbocycles. The Morgan fingerprint density at radius 3 is 2.38 bits per heavy atom. The quantitative estimate of drug-likeness (QED) is 0.494. The second kappa shape index (κ2) is 1.88. The molecule has 46 valence electrons. The fraction of sp³-hybridized carbons (Fsp3) is 0.857. The van der Waals surface area contributed by atoms with Gasteiger partial charge in [0.15, 0.2) is 0 Å². The first-order valence-corrected chi connectivity index (χ1v) is 3.21. The maximum absolute atomic E-state index is 10.1. The summed E-state index contributed by atoms with van der Waals surface area (Å²) in [6.07, 6.45) is 2.23. The van der Waals surface area contributed by atoms with E-state index in [0.29, 0.717) is 17.8 Å². The van der Waals surface area contributed by atoms with Gasteiger partial charge in [-0.15, -0.1) is 0 Å². The minimum absolute atomic E-state index is 0.412. The molecule has 1 aliphatic rings. The molecule has 1 nitrogen and oxygen atoms in total. The van der Waals surface area contributed by atoms with E-state index in [0.717, 1.165) is 12.7 Å². The lowest BCUT2D eigenvalue weighted by Gasteiger charge is -1.96. The molecule has 0 bridgehead atoms. The smallest absolute Gasteiger partial charge is 0.123 e. The molecule has 0 radical (unpaired) electrons. The molecule has 0 spiro atoms. The van der Waals surface area contributed by atoms with Crippen LogP contribution < -0.4 is 0 Å². The van der Waals surface area contributed by atoms with E-state index in [-0.39, 0.29) is 0 Å². The van der Waals surface area contributed by atoms with Crippen molar-refractivity contribution in [3.63, 3.8) is 0 Å². The Bertz CT molecular complexity index is 96.6. The van der Waals surface area contributed by atoms with E-state index in [1.807, 2.05) is 0 Å². The Morgan fingerprint density at radius 1 is 1.62 bits per heavy atom. The summed E-state index contributed by atoms with van der Waals surface area (Å²) in [5.41, 5.74) is 0. The van der Waals surface area contributed by atoms with Gasteiger partial charge in [-0.3, -0.25) is 0 Å². The molecular formula is C7H12O. The summed E-state index contributed by atoms with van der Waals surface area (Å²) >= 11 is 0. The molecule has 1 heteroatoms. The highest BCUT2D eigenvalue weighted by atomic mass is 16.1. The van der Waals surface area contributed by atoms with E-state index in [1.54, 1.807) is 0 Å². The highest BCUT2D eigenvalue weighted by Crippen LogP contribution is 2.42. The first-order chi connectivity index (χ1) is 3.75. The van der Waals surface area contributed by atoms with Crippen LogP contribution in [-0.4, -0.2) is 6.29 Å². The normalized spacial score (nSPS) is 35.4. The van der Waals surface area contributed by atoms with E-state index in [2.05, 4.69) is 13.8 Å². The molecule has 1 fully saturated rings. The average Bonchev–Trinajstić information content (AvgIpc) is 2.42. The van der Waals surface area contributed by atoms with Gasteiger partial charge in [-0.1, -0.05) is 13.8 Å². The Kier molecular flexibility index (Phi) is 1.37. The zero-order valence-electron chi connectivity index (χ0n) is 5.42. The van der Waals surface area contributed by atoms with Gasteiger partial charge in [0.25, 0.3) is 0 Å². The maximum atomic E-state index is 10.1. The Morgan fingerprint density at radius 2 is 2.25 bits per heavy atom. The molecule has 0 heterocycles. The molecule has 0 N–H and O–H groups in total. The minimum atomic E-state index is 0.412. The van der Waals surface area contributed by atoms with E-state index in [1.165, 1.54) is 0 Å². The molecule has 8 heavy (non-hydrogen) atoms. The lowest BCUT2D eigenvalue weighted by molar-refractivity contribution is -0.109. The summed E-state index contributed by atoms with van der Waals surface area (Å²) in [6, 6.07) is 0. The molecule has 1 aliphatic carbocycles. The second-order valence-corrected chi connectivity index (χ2v) is 2.94. The number of carbonyl (C=O) groups excluding carboxylic acids is 1. The van der Waals surface area contributed by atoms with Gasteiger partial charge in [0.1, 0.15) is 6.29 Å². The van der Waals surface area contributed by atoms with Crippen LogP contribution in [0.4, 0.5) is 0 Å². The van der Waals surface area contributed by atoms with Crippen molar-refractivity contribution in [1.82, 2.24) is 0 Å². The van der Waals surface area contributed by atoms with Crippen molar-refractivity contribution in [3.05, 3.63) is 0 Å². The molecule has 1 rings (SSSR count). The van der Waals surface area contributed by atoms with Crippen LogP contribution in [0.5, 0.6) is 0 Å². The third kappa shape index (κ3) is 0.908. The molecule has 0 aliphatic heterocycles. The summed E-state index contributed by atoms with van der Waals surface area (Å²) in [4.78, 5) is 10.1. The van der Waals surface area contributed by atoms with Crippen LogP contribution in [0, 0.1) is 17.8 Å². The predicted octanol–water partition coefficient (Wildman–Crippen LogP) is 1.48.